The van der Waals surface area contributed by atoms with Gasteiger partial charge in [-0.3, -0.25) is 9.59 Å². The topological polar surface area (TPSA) is 84.7 Å². The van der Waals surface area contributed by atoms with Crippen LogP contribution in [0.15, 0.2) is 18.2 Å². The van der Waals surface area contributed by atoms with E-state index in [0.29, 0.717) is 25.4 Å². The number of hydrogen-bond donors (Lipinski definition) is 1. The molecule has 0 saturated carbocycles. The van der Waals surface area contributed by atoms with E-state index in [-0.39, 0.29) is 12.5 Å². The Morgan fingerprint density at radius 1 is 1.39 bits per heavy atom. The Labute approximate surface area is 134 Å². The number of esters is 1. The molecule has 1 aromatic heterocycles. The molecule has 0 radical (unpaired) electrons. The van der Waals surface area contributed by atoms with E-state index in [2.05, 4.69) is 4.98 Å². The van der Waals surface area contributed by atoms with Crippen LogP contribution >= 0.6 is 0 Å². The van der Waals surface area contributed by atoms with Crippen LogP contribution in [0.25, 0.3) is 11.0 Å². The van der Waals surface area contributed by atoms with Crippen molar-refractivity contribution in [3.05, 3.63) is 24.0 Å². The molecule has 0 saturated heterocycles. The van der Waals surface area contributed by atoms with Crippen LogP contribution in [0.4, 0.5) is 5.69 Å². The average molecular weight is 319 g/mol. The Balaban J connectivity index is 2.17. The van der Waals surface area contributed by atoms with Crippen LogP contribution in [-0.2, 0) is 20.9 Å². The maximum absolute atomic E-state index is 11.4. The molecule has 0 bridgehead atoms. The summed E-state index contributed by atoms with van der Waals surface area (Å²) in [6.45, 7) is 4.38. The van der Waals surface area contributed by atoms with Gasteiger partial charge in [0.05, 0.1) is 24.1 Å². The number of imidazole rings is 1. The molecule has 1 aromatic carbocycles. The van der Waals surface area contributed by atoms with Crippen LogP contribution in [0.3, 0.4) is 0 Å². The molecule has 2 rings (SSSR count). The Kier molecular flexibility index (Phi) is 5.20. The van der Waals surface area contributed by atoms with Crippen molar-refractivity contribution >= 4 is 28.7 Å². The van der Waals surface area contributed by atoms with Gasteiger partial charge in [0.15, 0.2) is 0 Å². The smallest absolute Gasteiger partial charge is 0.323 e. The van der Waals surface area contributed by atoms with Crippen molar-refractivity contribution in [2.24, 2.45) is 0 Å². The van der Waals surface area contributed by atoms with Crippen LogP contribution < -0.4 is 4.90 Å². The summed E-state index contributed by atoms with van der Waals surface area (Å²) >= 11 is 0. The minimum atomic E-state index is -0.900. The number of nitrogens with zero attached hydrogens (tertiary/aromatic N) is 3. The van der Waals surface area contributed by atoms with E-state index >= 15 is 0 Å². The lowest BCUT2D eigenvalue weighted by molar-refractivity contribution is -0.143. The quantitative estimate of drug-likeness (QED) is 0.784. The molecular formula is C16H21N3O4. The van der Waals surface area contributed by atoms with Crippen LogP contribution in [0.1, 0.15) is 19.2 Å². The summed E-state index contributed by atoms with van der Waals surface area (Å²) in [6.07, 6.45) is 0.314. The van der Waals surface area contributed by atoms with Gasteiger partial charge in [0.25, 0.3) is 0 Å². The fourth-order valence-electron chi connectivity index (χ4n) is 2.43. The van der Waals surface area contributed by atoms with Gasteiger partial charge in [0.2, 0.25) is 0 Å². The zero-order valence-electron chi connectivity index (χ0n) is 13.6. The highest BCUT2D eigenvalue weighted by molar-refractivity contribution is 5.82. The number of hydrogen-bond acceptors (Lipinski definition) is 5. The number of carboxylic acid groups (broad SMARTS) is 1. The molecular weight excluding hydrogens is 298 g/mol. The summed E-state index contributed by atoms with van der Waals surface area (Å²) in [5.41, 5.74) is 2.44. The molecule has 0 amide bonds. The number of aromatic nitrogens is 2. The average Bonchev–Trinajstić information content (AvgIpc) is 2.80. The predicted octanol–water partition coefficient (Wildman–Crippen LogP) is 1.82. The van der Waals surface area contributed by atoms with Gasteiger partial charge in [-0.2, -0.15) is 0 Å². The first-order valence-electron chi connectivity index (χ1n) is 7.47. The number of fused-ring (bicyclic) bond motifs is 1. The summed E-state index contributed by atoms with van der Waals surface area (Å²) in [4.78, 5) is 28.7. The number of aryl methyl sites for hydroxylation is 1. The number of aliphatic carboxylic acids is 1. The maximum Gasteiger partial charge on any atom is 0.323 e. The minimum absolute atomic E-state index is 0.111. The molecule has 7 heteroatoms. The Hall–Kier alpha value is -2.57. The molecule has 1 N–H and O–H groups in total. The summed E-state index contributed by atoms with van der Waals surface area (Å²) in [5, 5.41) is 8.98. The molecule has 124 valence electrons. The first kappa shape index (κ1) is 16.8. The predicted molar refractivity (Wildman–Crippen MR) is 86.6 cm³/mol. The first-order chi connectivity index (χ1) is 10.9. The highest BCUT2D eigenvalue weighted by Gasteiger charge is 2.12. The van der Waals surface area contributed by atoms with E-state index in [4.69, 9.17) is 9.84 Å². The van der Waals surface area contributed by atoms with Crippen molar-refractivity contribution in [3.63, 3.8) is 0 Å². The lowest BCUT2D eigenvalue weighted by Crippen LogP contribution is -2.21. The minimum Gasteiger partial charge on any atom is -0.480 e. The molecule has 0 spiro atoms. The van der Waals surface area contributed by atoms with Gasteiger partial charge in [0.1, 0.15) is 12.4 Å². The molecule has 0 aliphatic rings. The van der Waals surface area contributed by atoms with E-state index in [1.54, 1.807) is 18.4 Å². The van der Waals surface area contributed by atoms with E-state index < -0.39 is 5.97 Å². The van der Waals surface area contributed by atoms with Crippen molar-refractivity contribution in [2.75, 3.05) is 25.1 Å². The zero-order chi connectivity index (χ0) is 17.0. The van der Waals surface area contributed by atoms with Gasteiger partial charge in [-0.25, -0.2) is 4.98 Å². The summed E-state index contributed by atoms with van der Waals surface area (Å²) in [5.74, 6) is -0.459. The number of carbonyl (C=O) groups excluding carboxylic acids is 1. The molecule has 0 atom stereocenters. The Bertz CT molecular complexity index is 723. The maximum atomic E-state index is 11.4. The Morgan fingerprint density at radius 3 is 2.78 bits per heavy atom. The van der Waals surface area contributed by atoms with Crippen molar-refractivity contribution in [2.45, 2.75) is 26.8 Å². The molecule has 0 aliphatic carbocycles. The Morgan fingerprint density at radius 2 is 2.13 bits per heavy atom. The van der Waals surface area contributed by atoms with Gasteiger partial charge < -0.3 is 19.3 Å². The number of carbonyl (C=O) groups is 2. The van der Waals surface area contributed by atoms with Gasteiger partial charge in [-0.1, -0.05) is 0 Å². The molecule has 1 heterocycles. The van der Waals surface area contributed by atoms with E-state index in [0.717, 1.165) is 16.7 Å². The monoisotopic (exact) mass is 319 g/mol. The van der Waals surface area contributed by atoms with Gasteiger partial charge >= 0.3 is 11.9 Å². The first-order valence-corrected chi connectivity index (χ1v) is 7.47. The zero-order valence-corrected chi connectivity index (χ0v) is 13.6. The number of ether oxygens (including phenoxy) is 1. The highest BCUT2D eigenvalue weighted by Crippen LogP contribution is 2.22. The van der Waals surface area contributed by atoms with Crippen molar-refractivity contribution < 1.29 is 19.4 Å². The van der Waals surface area contributed by atoms with Crippen LogP contribution in [-0.4, -0.2) is 46.8 Å². The second-order valence-corrected chi connectivity index (χ2v) is 5.29. The summed E-state index contributed by atoms with van der Waals surface area (Å²) in [7, 11) is 1.89. The number of carboxylic acids is 1. The van der Waals surface area contributed by atoms with Crippen LogP contribution in [0, 0.1) is 6.92 Å². The second kappa shape index (κ2) is 7.13. The van der Waals surface area contributed by atoms with E-state index in [9.17, 15) is 9.59 Å². The third-order valence-corrected chi connectivity index (χ3v) is 3.61. The largest absolute Gasteiger partial charge is 0.480 e. The number of benzene rings is 1. The normalized spacial score (nSPS) is 10.7. The fraction of sp³-hybridized carbons (Fsp3) is 0.438. The SMILES string of the molecule is CCOC(=O)CCN(C)c1ccc2c(c1)nc(C)n2CC(=O)O. The van der Waals surface area contributed by atoms with Crippen molar-refractivity contribution in [1.29, 1.82) is 0 Å². The van der Waals surface area contributed by atoms with Gasteiger partial charge in [-0.05, 0) is 32.0 Å². The summed E-state index contributed by atoms with van der Waals surface area (Å²) in [6, 6.07) is 5.65. The highest BCUT2D eigenvalue weighted by atomic mass is 16.5. The summed E-state index contributed by atoms with van der Waals surface area (Å²) < 4.78 is 6.58. The standard InChI is InChI=1S/C16H21N3O4/c1-4-23-16(22)7-8-18(3)12-5-6-14-13(9-12)17-11(2)19(14)10-15(20)21/h5-6,9H,4,7-8,10H2,1-3H3,(H,20,21). The molecule has 2 aromatic rings. The number of anilines is 1. The molecule has 23 heavy (non-hydrogen) atoms. The second-order valence-electron chi connectivity index (χ2n) is 5.29. The lowest BCUT2D eigenvalue weighted by atomic mass is 10.2. The molecule has 0 unspecified atom stereocenters. The molecule has 0 aliphatic heterocycles. The third-order valence-electron chi connectivity index (χ3n) is 3.61. The van der Waals surface area contributed by atoms with E-state index in [1.807, 2.05) is 30.1 Å². The van der Waals surface area contributed by atoms with Crippen LogP contribution in [0.5, 0.6) is 0 Å². The fourth-order valence-corrected chi connectivity index (χ4v) is 2.43. The van der Waals surface area contributed by atoms with E-state index in [1.165, 1.54) is 0 Å². The lowest BCUT2D eigenvalue weighted by Gasteiger charge is -2.18. The third kappa shape index (κ3) is 4.00. The molecule has 7 nitrogen and oxygen atoms in total. The van der Waals surface area contributed by atoms with Gasteiger partial charge in [-0.15, -0.1) is 0 Å². The number of rotatable bonds is 7. The van der Waals surface area contributed by atoms with Crippen molar-refractivity contribution in [1.82, 2.24) is 9.55 Å². The van der Waals surface area contributed by atoms with Crippen LogP contribution in [0.2, 0.25) is 0 Å². The van der Waals surface area contributed by atoms with Crippen molar-refractivity contribution in [3.8, 4) is 0 Å². The molecule has 0 fully saturated rings. The van der Waals surface area contributed by atoms with Gasteiger partial charge in [0, 0.05) is 19.3 Å².